The average Bonchev–Trinajstić information content (AvgIpc) is 3.28. The fourth-order valence-electron chi connectivity index (χ4n) is 4.93. The van der Waals surface area contributed by atoms with E-state index in [0.717, 1.165) is 67.6 Å². The van der Waals surface area contributed by atoms with Crippen LogP contribution in [0.15, 0.2) is 101 Å². The number of carbonyl (C=O) groups excluding carboxylic acids is 1. The van der Waals surface area contributed by atoms with Gasteiger partial charge < -0.3 is 19.1 Å². The van der Waals surface area contributed by atoms with Gasteiger partial charge in [0.1, 0.15) is 6.54 Å². The zero-order valence-corrected chi connectivity index (χ0v) is 28.2. The lowest BCUT2D eigenvalue weighted by molar-refractivity contribution is -0.137. The van der Waals surface area contributed by atoms with E-state index in [-0.39, 0.29) is 33.4 Å². The van der Waals surface area contributed by atoms with Gasteiger partial charge >= 0.3 is 6.18 Å². The molecule has 1 saturated heterocycles. The third kappa shape index (κ3) is 9.17. The number of alkyl halides is 3. The summed E-state index contributed by atoms with van der Waals surface area (Å²) in [6.07, 6.45) is -13.5. The first-order chi connectivity index (χ1) is 33.1. The van der Waals surface area contributed by atoms with Crippen molar-refractivity contribution in [2.45, 2.75) is 55.6 Å². The predicted molar refractivity (Wildman–Crippen MR) is 198 cm³/mol. The Morgan fingerprint density at radius 1 is 1.06 bits per heavy atom. The third-order valence-electron chi connectivity index (χ3n) is 7.56. The Hall–Kier alpha value is -4.52. The molecule has 0 aliphatic carbocycles. The van der Waals surface area contributed by atoms with Gasteiger partial charge in [0.15, 0.2) is 17.1 Å². The van der Waals surface area contributed by atoms with Crippen LogP contribution in [0.5, 0.6) is 0 Å². The highest BCUT2D eigenvalue weighted by Gasteiger charge is 2.31. The van der Waals surface area contributed by atoms with Crippen LogP contribution < -0.4 is 5.43 Å². The number of fused-ring (bicyclic) bond motifs is 1. The van der Waals surface area contributed by atoms with E-state index < -0.39 is 162 Å². The van der Waals surface area contributed by atoms with Crippen molar-refractivity contribution in [1.29, 1.82) is 0 Å². The van der Waals surface area contributed by atoms with Gasteiger partial charge in [-0.2, -0.15) is 13.2 Å². The molecule has 5 aromatic rings. The van der Waals surface area contributed by atoms with E-state index in [2.05, 4.69) is 4.74 Å². The number of benzene rings is 4. The molecule has 1 aromatic heterocycles. The number of hydrogen-bond donors (Lipinski definition) is 0. The summed E-state index contributed by atoms with van der Waals surface area (Å²) in [5.74, 6) is -5.42. The Labute approximate surface area is 337 Å². The number of aromatic nitrogens is 1. The first-order valence-corrected chi connectivity index (χ1v) is 16.3. The van der Waals surface area contributed by atoms with Crippen LogP contribution in [-0.2, 0) is 34.5 Å². The van der Waals surface area contributed by atoms with Crippen molar-refractivity contribution >= 4 is 28.6 Å². The Bertz CT molecular complexity index is 3020. The highest BCUT2D eigenvalue weighted by molar-refractivity contribution is 7.98. The molecule has 0 radical (unpaired) electrons. The smallest absolute Gasteiger partial charge is 0.383 e. The highest BCUT2D eigenvalue weighted by atomic mass is 32.2. The first kappa shape index (κ1) is 20.2. The van der Waals surface area contributed by atoms with Gasteiger partial charge in [-0.3, -0.25) is 9.59 Å². The van der Waals surface area contributed by atoms with Crippen molar-refractivity contribution in [3.8, 4) is 11.1 Å². The van der Waals surface area contributed by atoms with Crippen molar-refractivity contribution in [2.75, 3.05) is 33.2 Å². The summed E-state index contributed by atoms with van der Waals surface area (Å²) >= 11 is -0.273. The van der Waals surface area contributed by atoms with Gasteiger partial charge in [-0.25, -0.2) is 8.78 Å². The van der Waals surface area contributed by atoms with E-state index >= 15 is 9.18 Å². The monoisotopic (exact) mass is 769 g/mol. The number of piperidine rings is 1. The summed E-state index contributed by atoms with van der Waals surface area (Å²) in [6, 6.07) is 1.19. The summed E-state index contributed by atoms with van der Waals surface area (Å²) in [6.45, 7) is -15.0. The topological polar surface area (TPSA) is 54.8 Å². The van der Waals surface area contributed by atoms with E-state index in [0.29, 0.717) is 10.6 Å². The van der Waals surface area contributed by atoms with Gasteiger partial charge in [0.25, 0.3) is 0 Å². The number of carbonyl (C=O) groups is 1. The molecule has 0 saturated carbocycles. The summed E-state index contributed by atoms with van der Waals surface area (Å²) in [5.41, 5.74) is -8.70. The van der Waals surface area contributed by atoms with Gasteiger partial charge in [-0.1, -0.05) is 60.1 Å². The first-order valence-electron chi connectivity index (χ1n) is 25.4. The van der Waals surface area contributed by atoms with Gasteiger partial charge in [0.2, 0.25) is 5.91 Å². The minimum atomic E-state index is -4.73. The number of halogens is 5. The summed E-state index contributed by atoms with van der Waals surface area (Å²) in [5, 5.41) is -1.98. The number of amides is 1. The Morgan fingerprint density at radius 2 is 1.75 bits per heavy atom. The van der Waals surface area contributed by atoms with Gasteiger partial charge in [-0.15, -0.1) is 11.8 Å². The molecule has 1 fully saturated rings. The second-order valence-electron chi connectivity index (χ2n) is 11.2. The molecule has 1 aliphatic heterocycles. The Kier molecular flexibility index (Phi) is 6.36. The average molecular weight is 770 g/mol. The number of hydrogen-bond acceptors (Lipinski definition) is 5. The lowest BCUT2D eigenvalue weighted by Gasteiger charge is -2.39. The van der Waals surface area contributed by atoms with Crippen molar-refractivity contribution in [3.63, 3.8) is 0 Å². The largest absolute Gasteiger partial charge is 0.416 e. The lowest BCUT2D eigenvalue weighted by atomic mass is 10.00. The molecule has 2 heterocycles. The van der Waals surface area contributed by atoms with Crippen molar-refractivity contribution < 1.29 is 58.9 Å². The molecule has 6 nitrogen and oxygen atoms in total. The van der Waals surface area contributed by atoms with Gasteiger partial charge in [0.05, 0.1) is 36.4 Å². The molecule has 1 amide bonds. The van der Waals surface area contributed by atoms with E-state index in [1.165, 1.54) is 0 Å². The fourth-order valence-corrected chi connectivity index (χ4v) is 5.71. The van der Waals surface area contributed by atoms with E-state index in [1.807, 2.05) is 0 Å². The summed E-state index contributed by atoms with van der Waals surface area (Å²) in [7, 11) is -3.19. The van der Waals surface area contributed by atoms with E-state index in [4.69, 9.17) is 17.8 Å². The van der Waals surface area contributed by atoms with Crippen LogP contribution in [0.3, 0.4) is 0 Å². The number of ether oxygens (including phenoxy) is 1. The number of pyridine rings is 1. The minimum absolute atomic E-state index is 0.0849. The highest BCUT2D eigenvalue weighted by Crippen LogP contribution is 2.32. The zero-order valence-electron chi connectivity index (χ0n) is 47.3. The molecule has 0 spiro atoms. The van der Waals surface area contributed by atoms with Crippen LogP contribution in [0.4, 0.5) is 22.0 Å². The molecule has 0 bridgehead atoms. The Morgan fingerprint density at radius 3 is 2.43 bits per heavy atom. The zero-order chi connectivity index (χ0) is 55.4. The molecular formula is C41H40F5N3O3S. The molecule has 53 heavy (non-hydrogen) atoms. The normalized spacial score (nSPS) is 24.9. The van der Waals surface area contributed by atoms with Crippen LogP contribution in [0, 0.1) is 18.6 Å². The van der Waals surface area contributed by atoms with Gasteiger partial charge in [0, 0.05) is 75.5 Å². The number of likely N-dealkylation sites (tertiary alicyclic amines) is 1. The number of nitrogens with zero attached hydrogens (tertiary/aromatic N) is 3. The third-order valence-corrected chi connectivity index (χ3v) is 8.40. The molecular weight excluding hydrogens is 710 g/mol. The Balaban J connectivity index is 1.66. The van der Waals surface area contributed by atoms with E-state index in [1.54, 1.807) is 0 Å². The fraction of sp³-hybridized carbons (Fsp3) is 0.317. The standard InChI is InChI=1S/C41H40F5N3O3S/c1-27-6-15-36-34(22-27)37(50)23-39(53-26-31-4-3-5-35(42)40(31)43)49(36)25-38(51)48(33-16-18-47(19-17-33)20-21-52-2)24-28-7-9-29(10-8-28)30-11-13-32(14-12-30)41(44,45)46/h3-15,22-23,33H,16-21,24-26H2,1-2H3/i2D3,6D,15D,16D2,17D2,18D2,19D2,22D,23D,24D2,26D2,33D. The quantitative estimate of drug-likeness (QED) is 0.0940. The maximum atomic E-state index is 15.5. The molecule has 12 heteroatoms. The second kappa shape index (κ2) is 16.7. The lowest BCUT2D eigenvalue weighted by Crippen LogP contribution is -2.48. The molecule has 0 atom stereocenters. The predicted octanol–water partition coefficient (Wildman–Crippen LogP) is 8.71. The van der Waals surface area contributed by atoms with Crippen molar-refractivity contribution in [2.24, 2.45) is 0 Å². The molecule has 1 aliphatic rings. The maximum Gasteiger partial charge on any atom is 0.416 e. The van der Waals surface area contributed by atoms with Crippen LogP contribution in [-0.4, -0.2) is 59.5 Å². The second-order valence-corrected chi connectivity index (χ2v) is 12.0. The van der Waals surface area contributed by atoms with Gasteiger partial charge in [-0.05, 0) is 66.6 Å². The van der Waals surface area contributed by atoms with Crippen LogP contribution in [0.2, 0.25) is 0 Å². The van der Waals surface area contributed by atoms with Crippen molar-refractivity contribution in [1.82, 2.24) is 14.4 Å². The number of thioether (sulfide) groups is 1. The molecule has 0 unspecified atom stereocenters. The van der Waals surface area contributed by atoms with Crippen molar-refractivity contribution in [3.05, 3.63) is 135 Å². The number of methoxy groups -OCH3 is 1. The van der Waals surface area contributed by atoms with E-state index in [9.17, 15) is 32.0 Å². The SMILES string of the molecule is [2H]c1c(C)c([2H])c2c(=O)c([2H])c(SC([2H])([2H])c3cccc(F)c3F)n(CC(=O)N(C([2H])([2H])c3ccc(-c4ccc(C(F)(F)F)cc4)cc3)C3([2H])C([2H])([2H])C([2H])([2H])N(CCOC([2H])([2H])[2H])C([2H])([2H])C3([2H])[2H])c2c1[2H]. The van der Waals surface area contributed by atoms with Crippen LogP contribution >= 0.6 is 11.8 Å². The van der Waals surface area contributed by atoms with Crippen LogP contribution in [0.25, 0.3) is 22.0 Å². The molecule has 278 valence electrons. The summed E-state index contributed by atoms with van der Waals surface area (Å²) < 4.78 is 251. The molecule has 0 N–H and O–H groups in total. The maximum absolute atomic E-state index is 15.5. The van der Waals surface area contributed by atoms with Crippen LogP contribution in [0.1, 0.15) is 62.4 Å². The summed E-state index contributed by atoms with van der Waals surface area (Å²) in [4.78, 5) is 28.9. The molecule has 4 aromatic carbocycles. The number of rotatable bonds is 12. The molecule has 6 rings (SSSR count). The minimum Gasteiger partial charge on any atom is -0.383 e.